The molecular formula is C16H14N2O5. The van der Waals surface area contributed by atoms with Crippen molar-refractivity contribution in [1.29, 1.82) is 0 Å². The number of pyridine rings is 1. The average Bonchev–Trinajstić information content (AvgIpc) is 2.54. The molecule has 0 spiro atoms. The quantitative estimate of drug-likeness (QED) is 0.479. The molecule has 0 aliphatic heterocycles. The minimum Gasteiger partial charge on any atom is -0.494 e. The van der Waals surface area contributed by atoms with E-state index in [9.17, 15) is 14.9 Å². The number of carbonyl (C=O) groups excluding carboxylic acids is 1. The molecule has 0 N–H and O–H groups in total. The Labute approximate surface area is 132 Å². The molecule has 7 nitrogen and oxygen atoms in total. The molecule has 0 unspecified atom stereocenters. The monoisotopic (exact) mass is 314 g/mol. The minimum absolute atomic E-state index is 0.101. The molecule has 0 radical (unpaired) electrons. The fourth-order valence-electron chi connectivity index (χ4n) is 2.39. The van der Waals surface area contributed by atoms with E-state index in [1.165, 1.54) is 20.3 Å². The summed E-state index contributed by atoms with van der Waals surface area (Å²) in [6.45, 7) is 1.68. The SMILES string of the molecule is COc1c(C)nc(C=C=O)c(OC)c1-c1ccccc1[N+](=O)[O-]. The Hall–Kier alpha value is -3.18. The summed E-state index contributed by atoms with van der Waals surface area (Å²) in [5.74, 6) is 2.21. The summed E-state index contributed by atoms with van der Waals surface area (Å²) >= 11 is 0. The van der Waals surface area contributed by atoms with E-state index in [0.717, 1.165) is 6.08 Å². The van der Waals surface area contributed by atoms with E-state index in [2.05, 4.69) is 4.98 Å². The molecule has 1 aromatic carbocycles. The van der Waals surface area contributed by atoms with Gasteiger partial charge >= 0.3 is 0 Å². The van der Waals surface area contributed by atoms with Crippen LogP contribution in [0, 0.1) is 17.0 Å². The van der Waals surface area contributed by atoms with Crippen molar-refractivity contribution in [3.05, 3.63) is 45.8 Å². The van der Waals surface area contributed by atoms with Crippen LogP contribution in [0.25, 0.3) is 17.2 Å². The molecule has 7 heteroatoms. The highest BCUT2D eigenvalue weighted by Gasteiger charge is 2.25. The number of aryl methyl sites for hydroxylation is 1. The van der Waals surface area contributed by atoms with E-state index in [0.29, 0.717) is 22.6 Å². The van der Waals surface area contributed by atoms with Gasteiger partial charge in [0.1, 0.15) is 11.6 Å². The van der Waals surface area contributed by atoms with Crippen molar-refractivity contribution in [2.24, 2.45) is 0 Å². The zero-order chi connectivity index (χ0) is 17.0. The van der Waals surface area contributed by atoms with Gasteiger partial charge in [-0.05, 0) is 13.0 Å². The molecule has 0 saturated heterocycles. The highest BCUT2D eigenvalue weighted by Crippen LogP contribution is 2.45. The third kappa shape index (κ3) is 2.90. The summed E-state index contributed by atoms with van der Waals surface area (Å²) in [5.41, 5.74) is 1.29. The van der Waals surface area contributed by atoms with E-state index in [1.807, 2.05) is 0 Å². The van der Waals surface area contributed by atoms with Gasteiger partial charge in [-0.15, -0.1) is 0 Å². The number of hydrogen-bond acceptors (Lipinski definition) is 6. The second-order valence-corrected chi connectivity index (χ2v) is 4.56. The predicted molar refractivity (Wildman–Crippen MR) is 84.3 cm³/mol. The molecule has 0 fully saturated rings. The van der Waals surface area contributed by atoms with E-state index in [1.54, 1.807) is 31.1 Å². The smallest absolute Gasteiger partial charge is 0.277 e. The average molecular weight is 314 g/mol. The molecule has 23 heavy (non-hydrogen) atoms. The number of ether oxygens (including phenoxy) is 2. The number of hydrogen-bond donors (Lipinski definition) is 0. The van der Waals surface area contributed by atoms with Crippen LogP contribution in [-0.4, -0.2) is 30.1 Å². The van der Waals surface area contributed by atoms with Gasteiger partial charge < -0.3 is 9.47 Å². The van der Waals surface area contributed by atoms with E-state index in [4.69, 9.17) is 9.47 Å². The second kappa shape index (κ2) is 6.72. The number of para-hydroxylation sites is 1. The Kier molecular flexibility index (Phi) is 4.73. The summed E-state index contributed by atoms with van der Waals surface area (Å²) in [7, 11) is 2.84. The molecule has 1 aromatic heterocycles. The van der Waals surface area contributed by atoms with Gasteiger partial charge in [0.25, 0.3) is 5.69 Å². The molecule has 0 atom stereocenters. The minimum atomic E-state index is -0.487. The molecular weight excluding hydrogens is 300 g/mol. The summed E-state index contributed by atoms with van der Waals surface area (Å²) in [6.07, 6.45) is 1.11. The summed E-state index contributed by atoms with van der Waals surface area (Å²) in [5, 5.41) is 11.3. The van der Waals surface area contributed by atoms with Crippen LogP contribution in [0.1, 0.15) is 11.4 Å². The fourth-order valence-corrected chi connectivity index (χ4v) is 2.39. The van der Waals surface area contributed by atoms with Crippen molar-refractivity contribution < 1.29 is 19.2 Å². The van der Waals surface area contributed by atoms with Crippen molar-refractivity contribution in [2.45, 2.75) is 6.92 Å². The summed E-state index contributed by atoms with van der Waals surface area (Å²) in [4.78, 5) is 25.8. The molecule has 2 rings (SSSR count). The van der Waals surface area contributed by atoms with Crippen molar-refractivity contribution in [2.75, 3.05) is 14.2 Å². The summed E-state index contributed by atoms with van der Waals surface area (Å²) < 4.78 is 10.7. The Morgan fingerprint density at radius 3 is 2.43 bits per heavy atom. The Balaban J connectivity index is 2.95. The number of benzene rings is 1. The van der Waals surface area contributed by atoms with Gasteiger partial charge in [0.15, 0.2) is 11.5 Å². The van der Waals surface area contributed by atoms with Gasteiger partial charge in [-0.3, -0.25) is 10.1 Å². The normalized spacial score (nSPS) is 9.87. The van der Waals surface area contributed by atoms with Crippen LogP contribution in [0.2, 0.25) is 0 Å². The van der Waals surface area contributed by atoms with Crippen molar-refractivity contribution >= 4 is 17.7 Å². The van der Waals surface area contributed by atoms with E-state index >= 15 is 0 Å². The first kappa shape index (κ1) is 16.2. The first-order valence-electron chi connectivity index (χ1n) is 6.62. The third-order valence-corrected chi connectivity index (χ3v) is 3.28. The van der Waals surface area contributed by atoms with Gasteiger partial charge in [0.2, 0.25) is 0 Å². The molecule has 0 amide bonds. The largest absolute Gasteiger partial charge is 0.494 e. The molecule has 0 saturated carbocycles. The highest BCUT2D eigenvalue weighted by atomic mass is 16.6. The maximum Gasteiger partial charge on any atom is 0.277 e. The van der Waals surface area contributed by atoms with Gasteiger partial charge in [0.05, 0.1) is 42.0 Å². The van der Waals surface area contributed by atoms with Crippen molar-refractivity contribution in [3.8, 4) is 22.6 Å². The van der Waals surface area contributed by atoms with Crippen LogP contribution in [0.15, 0.2) is 24.3 Å². The molecule has 0 aliphatic rings. The maximum atomic E-state index is 11.3. The Morgan fingerprint density at radius 2 is 1.87 bits per heavy atom. The number of nitro benzene ring substituents is 1. The molecule has 118 valence electrons. The van der Waals surface area contributed by atoms with Crippen molar-refractivity contribution in [3.63, 3.8) is 0 Å². The van der Waals surface area contributed by atoms with Crippen LogP contribution >= 0.6 is 0 Å². The number of methoxy groups -OCH3 is 2. The van der Waals surface area contributed by atoms with Crippen LogP contribution in [0.3, 0.4) is 0 Å². The zero-order valence-electron chi connectivity index (χ0n) is 12.8. The highest BCUT2D eigenvalue weighted by molar-refractivity contribution is 5.88. The van der Waals surface area contributed by atoms with Crippen LogP contribution < -0.4 is 9.47 Å². The number of nitro groups is 1. The fraction of sp³-hybridized carbons (Fsp3) is 0.188. The van der Waals surface area contributed by atoms with E-state index in [-0.39, 0.29) is 17.1 Å². The van der Waals surface area contributed by atoms with Crippen molar-refractivity contribution in [1.82, 2.24) is 4.98 Å². The standard InChI is InChI=1S/C16H14N2O5/c1-10-15(22-2)14(16(23-3)12(17-10)8-9-19)11-6-4-5-7-13(11)18(20)21/h4-8H,1-3H3. The molecule has 0 bridgehead atoms. The molecule has 1 heterocycles. The molecule has 2 aromatic rings. The lowest BCUT2D eigenvalue weighted by Gasteiger charge is -2.17. The van der Waals surface area contributed by atoms with E-state index < -0.39 is 4.92 Å². The molecule has 0 aliphatic carbocycles. The third-order valence-electron chi connectivity index (χ3n) is 3.28. The number of rotatable bonds is 5. The lowest BCUT2D eigenvalue weighted by molar-refractivity contribution is -0.384. The van der Waals surface area contributed by atoms with Crippen LogP contribution in [0.4, 0.5) is 5.69 Å². The second-order valence-electron chi connectivity index (χ2n) is 4.56. The Morgan fingerprint density at radius 1 is 1.22 bits per heavy atom. The maximum absolute atomic E-state index is 11.3. The van der Waals surface area contributed by atoms with Gasteiger partial charge in [-0.1, -0.05) is 12.1 Å². The van der Waals surface area contributed by atoms with Crippen LogP contribution in [0.5, 0.6) is 11.5 Å². The summed E-state index contributed by atoms with van der Waals surface area (Å²) in [6, 6.07) is 6.22. The van der Waals surface area contributed by atoms with Gasteiger partial charge in [-0.2, -0.15) is 0 Å². The first-order chi connectivity index (χ1) is 11.0. The topological polar surface area (TPSA) is 91.6 Å². The lowest BCUT2D eigenvalue weighted by atomic mass is 10.00. The number of aromatic nitrogens is 1. The lowest BCUT2D eigenvalue weighted by Crippen LogP contribution is -2.03. The Bertz CT molecular complexity index is 810. The number of nitrogens with zero attached hydrogens (tertiary/aromatic N) is 2. The van der Waals surface area contributed by atoms with Gasteiger partial charge in [0, 0.05) is 6.07 Å². The predicted octanol–water partition coefficient (Wildman–Crippen LogP) is 2.83. The zero-order valence-corrected chi connectivity index (χ0v) is 12.8. The van der Waals surface area contributed by atoms with Gasteiger partial charge in [-0.25, -0.2) is 9.78 Å². The first-order valence-corrected chi connectivity index (χ1v) is 6.62. The van der Waals surface area contributed by atoms with Crippen LogP contribution in [-0.2, 0) is 4.79 Å².